The minimum absolute atomic E-state index is 0.104. The largest absolute Gasteiger partial charge is 0.463 e. The van der Waals surface area contributed by atoms with Gasteiger partial charge in [0.25, 0.3) is 0 Å². The third-order valence-electron chi connectivity index (χ3n) is 2.17. The molecule has 0 aliphatic heterocycles. The van der Waals surface area contributed by atoms with Crippen LogP contribution in [0.1, 0.15) is 30.8 Å². The molecule has 0 amide bonds. The number of aromatic nitrogens is 1. The van der Waals surface area contributed by atoms with E-state index in [9.17, 15) is 9.59 Å². The first-order chi connectivity index (χ1) is 8.58. The minimum Gasteiger partial charge on any atom is -0.463 e. The van der Waals surface area contributed by atoms with E-state index in [1.165, 1.54) is 18.3 Å². The maximum absolute atomic E-state index is 11.7. The summed E-state index contributed by atoms with van der Waals surface area (Å²) in [4.78, 5) is 27.0. The first-order valence-electron chi connectivity index (χ1n) is 5.67. The molecule has 0 aliphatic carbocycles. The molecule has 0 bridgehead atoms. The Bertz CT molecular complexity index is 417. The zero-order valence-electron chi connectivity index (χ0n) is 10.4. The molecule has 0 saturated heterocycles. The molecule has 1 aromatic rings. The highest BCUT2D eigenvalue weighted by atomic mass is 16.6. The van der Waals surface area contributed by atoms with Gasteiger partial charge < -0.3 is 15.2 Å². The first kappa shape index (κ1) is 14.0. The van der Waals surface area contributed by atoms with Crippen molar-refractivity contribution in [1.82, 2.24) is 4.98 Å². The average molecular weight is 252 g/mol. The molecule has 0 fully saturated rings. The molecule has 1 aromatic heterocycles. The summed E-state index contributed by atoms with van der Waals surface area (Å²) >= 11 is 0. The Morgan fingerprint density at radius 1 is 1.39 bits per heavy atom. The second kappa shape index (κ2) is 6.58. The van der Waals surface area contributed by atoms with E-state index in [4.69, 9.17) is 15.2 Å². The monoisotopic (exact) mass is 252 g/mol. The van der Waals surface area contributed by atoms with Gasteiger partial charge in [-0.1, -0.05) is 6.92 Å². The molecule has 0 aliphatic rings. The number of hydrogen-bond donors (Lipinski definition) is 1. The Labute approximate surface area is 105 Å². The van der Waals surface area contributed by atoms with Crippen LogP contribution < -0.4 is 5.73 Å². The van der Waals surface area contributed by atoms with Gasteiger partial charge >= 0.3 is 11.9 Å². The molecule has 1 atom stereocenters. The maximum atomic E-state index is 11.7. The van der Waals surface area contributed by atoms with Crippen molar-refractivity contribution in [2.45, 2.75) is 26.4 Å². The molecule has 98 valence electrons. The lowest BCUT2D eigenvalue weighted by Gasteiger charge is -2.14. The Morgan fingerprint density at radius 2 is 2.11 bits per heavy atom. The summed E-state index contributed by atoms with van der Waals surface area (Å²) in [6, 6.07) is 2.98. The SMILES string of the molecule is CCOC(=O)C(CC)OC(=O)c1ccc(N)cn1. The summed E-state index contributed by atoms with van der Waals surface area (Å²) in [5.74, 6) is -1.22. The predicted octanol–water partition coefficient (Wildman–Crippen LogP) is 1.16. The van der Waals surface area contributed by atoms with Gasteiger partial charge in [-0.3, -0.25) is 0 Å². The fourth-order valence-electron chi connectivity index (χ4n) is 1.25. The Balaban J connectivity index is 2.67. The van der Waals surface area contributed by atoms with Crippen LogP contribution in [0, 0.1) is 0 Å². The van der Waals surface area contributed by atoms with Crippen molar-refractivity contribution in [1.29, 1.82) is 0 Å². The van der Waals surface area contributed by atoms with Crippen molar-refractivity contribution in [2.75, 3.05) is 12.3 Å². The molecule has 0 saturated carbocycles. The second-order valence-electron chi connectivity index (χ2n) is 3.53. The number of nitrogens with two attached hydrogens (primary N) is 1. The van der Waals surface area contributed by atoms with Gasteiger partial charge in [0.05, 0.1) is 18.5 Å². The molecule has 2 N–H and O–H groups in total. The van der Waals surface area contributed by atoms with E-state index >= 15 is 0 Å². The van der Waals surface area contributed by atoms with E-state index < -0.39 is 18.0 Å². The van der Waals surface area contributed by atoms with Crippen molar-refractivity contribution >= 4 is 17.6 Å². The number of esters is 2. The standard InChI is InChI=1S/C12H16N2O4/c1-3-10(12(16)17-4-2)18-11(15)9-6-5-8(13)7-14-9/h5-7,10H,3-4,13H2,1-2H3. The Morgan fingerprint density at radius 3 is 2.61 bits per heavy atom. The van der Waals surface area contributed by atoms with E-state index in [0.29, 0.717) is 12.1 Å². The zero-order valence-corrected chi connectivity index (χ0v) is 10.4. The van der Waals surface area contributed by atoms with Gasteiger partial charge in [0.2, 0.25) is 0 Å². The third kappa shape index (κ3) is 3.73. The molecular weight excluding hydrogens is 236 g/mol. The van der Waals surface area contributed by atoms with Crippen molar-refractivity contribution in [2.24, 2.45) is 0 Å². The van der Waals surface area contributed by atoms with Crippen LogP contribution >= 0.6 is 0 Å². The lowest BCUT2D eigenvalue weighted by Crippen LogP contribution is -2.29. The number of rotatable bonds is 5. The number of hydrogen-bond acceptors (Lipinski definition) is 6. The summed E-state index contributed by atoms with van der Waals surface area (Å²) in [5.41, 5.74) is 6.01. The summed E-state index contributed by atoms with van der Waals surface area (Å²) in [6.07, 6.45) is 0.790. The van der Waals surface area contributed by atoms with E-state index in [1.54, 1.807) is 13.8 Å². The van der Waals surface area contributed by atoms with Crippen molar-refractivity contribution in [3.8, 4) is 0 Å². The first-order valence-corrected chi connectivity index (χ1v) is 5.67. The maximum Gasteiger partial charge on any atom is 0.357 e. The summed E-state index contributed by atoms with van der Waals surface area (Å²) < 4.78 is 9.82. The van der Waals surface area contributed by atoms with Crippen LogP contribution in [0.5, 0.6) is 0 Å². The molecular formula is C12H16N2O4. The third-order valence-corrected chi connectivity index (χ3v) is 2.17. The highest BCUT2D eigenvalue weighted by Gasteiger charge is 2.23. The molecule has 1 rings (SSSR count). The number of anilines is 1. The van der Waals surface area contributed by atoms with Crippen molar-refractivity contribution < 1.29 is 19.1 Å². The molecule has 0 radical (unpaired) electrons. The smallest absolute Gasteiger partial charge is 0.357 e. The number of nitrogen functional groups attached to an aromatic ring is 1. The molecule has 0 aromatic carbocycles. The molecule has 1 heterocycles. The van der Waals surface area contributed by atoms with E-state index in [-0.39, 0.29) is 12.3 Å². The van der Waals surface area contributed by atoms with Crippen molar-refractivity contribution in [3.63, 3.8) is 0 Å². The van der Waals surface area contributed by atoms with Crippen LogP contribution in [0.25, 0.3) is 0 Å². The van der Waals surface area contributed by atoms with Gasteiger partial charge in [-0.15, -0.1) is 0 Å². The zero-order chi connectivity index (χ0) is 13.5. The van der Waals surface area contributed by atoms with Crippen LogP contribution in [0.4, 0.5) is 5.69 Å². The van der Waals surface area contributed by atoms with Gasteiger partial charge in [-0.2, -0.15) is 0 Å². The van der Waals surface area contributed by atoms with Crippen LogP contribution in [-0.4, -0.2) is 29.6 Å². The van der Waals surface area contributed by atoms with E-state index in [1.807, 2.05) is 0 Å². The highest BCUT2D eigenvalue weighted by Crippen LogP contribution is 2.07. The summed E-state index contributed by atoms with van der Waals surface area (Å²) in [6.45, 7) is 3.66. The Hall–Kier alpha value is -2.11. The van der Waals surface area contributed by atoms with Gasteiger partial charge in [-0.25, -0.2) is 14.6 Å². The van der Waals surface area contributed by atoms with Crippen LogP contribution in [0.3, 0.4) is 0 Å². The number of carbonyl (C=O) groups excluding carboxylic acids is 2. The molecule has 6 nitrogen and oxygen atoms in total. The van der Waals surface area contributed by atoms with Gasteiger partial charge in [0, 0.05) is 0 Å². The number of pyridine rings is 1. The second-order valence-corrected chi connectivity index (χ2v) is 3.53. The normalized spacial score (nSPS) is 11.7. The van der Waals surface area contributed by atoms with Crippen LogP contribution in [0.2, 0.25) is 0 Å². The van der Waals surface area contributed by atoms with E-state index in [0.717, 1.165) is 0 Å². The van der Waals surface area contributed by atoms with E-state index in [2.05, 4.69) is 4.98 Å². The molecule has 18 heavy (non-hydrogen) atoms. The quantitative estimate of drug-likeness (QED) is 0.791. The van der Waals surface area contributed by atoms with Gasteiger partial charge in [-0.05, 0) is 25.5 Å². The molecule has 6 heteroatoms. The fourth-order valence-corrected chi connectivity index (χ4v) is 1.25. The molecule has 0 spiro atoms. The minimum atomic E-state index is -0.906. The lowest BCUT2D eigenvalue weighted by atomic mass is 10.2. The number of nitrogens with zero attached hydrogens (tertiary/aromatic N) is 1. The number of carbonyl (C=O) groups is 2. The van der Waals surface area contributed by atoms with Gasteiger partial charge in [0.15, 0.2) is 6.10 Å². The summed E-state index contributed by atoms with van der Waals surface area (Å²) in [5, 5.41) is 0. The van der Waals surface area contributed by atoms with Gasteiger partial charge in [0.1, 0.15) is 5.69 Å². The fraction of sp³-hybridized carbons (Fsp3) is 0.417. The number of ether oxygens (including phenoxy) is 2. The highest BCUT2D eigenvalue weighted by molar-refractivity contribution is 5.89. The average Bonchev–Trinajstić information content (AvgIpc) is 2.36. The Kier molecular flexibility index (Phi) is 5.10. The van der Waals surface area contributed by atoms with Crippen LogP contribution in [-0.2, 0) is 14.3 Å². The summed E-state index contributed by atoms with van der Waals surface area (Å²) in [7, 11) is 0. The predicted molar refractivity (Wildman–Crippen MR) is 64.8 cm³/mol. The lowest BCUT2D eigenvalue weighted by molar-refractivity contribution is -0.153. The molecule has 1 unspecified atom stereocenters. The topological polar surface area (TPSA) is 91.5 Å². The van der Waals surface area contributed by atoms with Crippen LogP contribution in [0.15, 0.2) is 18.3 Å². The van der Waals surface area contributed by atoms with Crippen molar-refractivity contribution in [3.05, 3.63) is 24.0 Å².